The van der Waals surface area contributed by atoms with E-state index in [9.17, 15) is 14.4 Å². The zero-order chi connectivity index (χ0) is 14.1. The molecule has 0 radical (unpaired) electrons. The van der Waals surface area contributed by atoms with Crippen LogP contribution in [0, 0.1) is 0 Å². The second-order valence-corrected chi connectivity index (χ2v) is 4.37. The van der Waals surface area contributed by atoms with Crippen LogP contribution >= 0.6 is 0 Å². The van der Waals surface area contributed by atoms with E-state index in [4.69, 9.17) is 0 Å². The topological polar surface area (TPSA) is 86.0 Å². The summed E-state index contributed by atoms with van der Waals surface area (Å²) in [7, 11) is 0. The second-order valence-electron chi connectivity index (χ2n) is 4.37. The van der Waals surface area contributed by atoms with Crippen LogP contribution in [0.2, 0.25) is 0 Å². The highest BCUT2D eigenvalue weighted by Crippen LogP contribution is 2.22. The Morgan fingerprint density at radius 3 is 2.25 bits per heavy atom. The molecule has 2 heterocycles. The normalized spacial score (nSPS) is 14.3. The summed E-state index contributed by atoms with van der Waals surface area (Å²) in [6.07, 6.45) is 4.81. The molecule has 6 heteroatoms. The van der Waals surface area contributed by atoms with Crippen LogP contribution in [0.3, 0.4) is 0 Å². The van der Waals surface area contributed by atoms with Gasteiger partial charge in [0.2, 0.25) is 0 Å². The minimum atomic E-state index is -0.301. The van der Waals surface area contributed by atoms with E-state index in [0.717, 1.165) is 0 Å². The predicted octanol–water partition coefficient (Wildman–Crippen LogP) is 1.01. The van der Waals surface area contributed by atoms with Crippen molar-refractivity contribution >= 4 is 17.9 Å². The Bertz CT molecular complexity index is 735. The maximum Gasteiger partial charge on any atom is 0.323 e. The van der Waals surface area contributed by atoms with Gasteiger partial charge in [-0.1, -0.05) is 18.2 Å². The van der Waals surface area contributed by atoms with Gasteiger partial charge < -0.3 is 9.97 Å². The van der Waals surface area contributed by atoms with Crippen molar-refractivity contribution in [2.45, 2.75) is 0 Å². The lowest BCUT2D eigenvalue weighted by Gasteiger charge is -2.10. The van der Waals surface area contributed by atoms with E-state index in [2.05, 4.69) is 9.97 Å². The zero-order valence-electron chi connectivity index (χ0n) is 10.4. The summed E-state index contributed by atoms with van der Waals surface area (Å²) in [6, 6.07) is 6.74. The Hall–Kier alpha value is -2.89. The van der Waals surface area contributed by atoms with Crippen molar-refractivity contribution in [2.24, 2.45) is 0 Å². The van der Waals surface area contributed by atoms with Gasteiger partial charge in [-0.2, -0.15) is 0 Å². The van der Waals surface area contributed by atoms with Crippen molar-refractivity contribution in [2.75, 3.05) is 6.54 Å². The molecule has 2 N–H and O–H groups in total. The van der Waals surface area contributed by atoms with Gasteiger partial charge in [0, 0.05) is 12.7 Å². The third kappa shape index (κ3) is 1.97. The number of nitrogens with one attached hydrogen (secondary N) is 2. The molecule has 100 valence electrons. The van der Waals surface area contributed by atoms with Crippen molar-refractivity contribution < 1.29 is 9.59 Å². The standard InChI is InChI=1S/C14H11N3O3/c18-12-10-5-1-2-6-11(10)13(19)17(12)7-3-4-9-8-15-14(20)16-9/h1-6,8H,7H2,(H2,15,16,20)/b4-3+. The number of fused-ring (bicyclic) bond motifs is 1. The van der Waals surface area contributed by atoms with E-state index in [1.54, 1.807) is 36.4 Å². The Kier molecular flexibility index (Phi) is 2.83. The molecular weight excluding hydrogens is 258 g/mol. The van der Waals surface area contributed by atoms with Crippen LogP contribution in [-0.2, 0) is 0 Å². The van der Waals surface area contributed by atoms with Crippen molar-refractivity contribution in [3.05, 3.63) is 63.8 Å². The number of carbonyl (C=O) groups excluding carboxylic acids is 2. The summed E-state index contributed by atoms with van der Waals surface area (Å²) in [4.78, 5) is 41.2. The highest BCUT2D eigenvalue weighted by molar-refractivity contribution is 6.21. The molecule has 3 rings (SSSR count). The van der Waals surface area contributed by atoms with Crippen LogP contribution in [-0.4, -0.2) is 33.2 Å². The molecule has 0 saturated carbocycles. The number of nitrogens with zero attached hydrogens (tertiary/aromatic N) is 1. The lowest BCUT2D eigenvalue weighted by molar-refractivity contribution is 0.0672. The Balaban J connectivity index is 1.77. The van der Waals surface area contributed by atoms with Gasteiger partial charge in [0.15, 0.2) is 0 Å². The van der Waals surface area contributed by atoms with Gasteiger partial charge in [-0.15, -0.1) is 0 Å². The zero-order valence-corrected chi connectivity index (χ0v) is 10.4. The fourth-order valence-corrected chi connectivity index (χ4v) is 2.13. The fourth-order valence-electron chi connectivity index (χ4n) is 2.13. The molecule has 1 aliphatic heterocycles. The maximum absolute atomic E-state index is 12.1. The first-order valence-electron chi connectivity index (χ1n) is 6.06. The highest BCUT2D eigenvalue weighted by atomic mass is 16.2. The number of carbonyl (C=O) groups is 2. The molecule has 2 aromatic rings. The average Bonchev–Trinajstić information content (AvgIpc) is 2.97. The number of hydrogen-bond acceptors (Lipinski definition) is 3. The molecule has 20 heavy (non-hydrogen) atoms. The van der Waals surface area contributed by atoms with E-state index in [-0.39, 0.29) is 24.0 Å². The van der Waals surface area contributed by atoms with Crippen LogP contribution in [0.5, 0.6) is 0 Å². The lowest BCUT2D eigenvalue weighted by atomic mass is 10.1. The molecule has 0 saturated heterocycles. The smallest absolute Gasteiger partial charge is 0.312 e. The Morgan fingerprint density at radius 1 is 1.05 bits per heavy atom. The second kappa shape index (κ2) is 4.65. The number of hydrogen-bond donors (Lipinski definition) is 2. The first-order chi connectivity index (χ1) is 9.66. The van der Waals surface area contributed by atoms with Crippen LogP contribution < -0.4 is 5.69 Å². The van der Waals surface area contributed by atoms with Crippen LogP contribution in [0.4, 0.5) is 0 Å². The molecule has 0 fully saturated rings. The largest absolute Gasteiger partial charge is 0.323 e. The molecule has 2 amide bonds. The van der Waals surface area contributed by atoms with Crippen LogP contribution in [0.1, 0.15) is 26.4 Å². The fraction of sp³-hybridized carbons (Fsp3) is 0.0714. The van der Waals surface area contributed by atoms with E-state index in [0.29, 0.717) is 16.8 Å². The van der Waals surface area contributed by atoms with Gasteiger partial charge in [0.05, 0.1) is 16.8 Å². The summed E-state index contributed by atoms with van der Waals surface area (Å²) in [5, 5.41) is 0. The minimum Gasteiger partial charge on any atom is -0.312 e. The minimum absolute atomic E-state index is 0.166. The van der Waals surface area contributed by atoms with Gasteiger partial charge >= 0.3 is 5.69 Å². The van der Waals surface area contributed by atoms with E-state index in [1.807, 2.05) is 0 Å². The SMILES string of the molecule is O=C1c2ccccc2C(=O)N1C/C=C/c1c[nH]c(=O)[nH]1. The van der Waals surface area contributed by atoms with Gasteiger partial charge in [-0.25, -0.2) is 4.79 Å². The molecule has 0 unspecified atom stereocenters. The van der Waals surface area contributed by atoms with Crippen molar-refractivity contribution in [3.63, 3.8) is 0 Å². The molecule has 1 aromatic carbocycles. The maximum atomic E-state index is 12.1. The number of aromatic amines is 2. The first-order valence-corrected chi connectivity index (χ1v) is 6.06. The summed E-state index contributed by atoms with van der Waals surface area (Å²) < 4.78 is 0. The molecule has 0 atom stereocenters. The molecule has 1 aliphatic rings. The van der Waals surface area contributed by atoms with Crippen molar-refractivity contribution in [3.8, 4) is 0 Å². The Labute approximate surface area is 113 Å². The molecule has 0 bridgehead atoms. The number of rotatable bonds is 3. The summed E-state index contributed by atoms with van der Waals surface area (Å²) in [5.41, 5.74) is 1.15. The number of imide groups is 1. The number of imidazole rings is 1. The molecule has 6 nitrogen and oxygen atoms in total. The third-order valence-electron chi connectivity index (χ3n) is 3.08. The van der Waals surface area contributed by atoms with Gasteiger partial charge in [-0.05, 0) is 18.2 Å². The summed E-state index contributed by atoms with van der Waals surface area (Å²) in [6.45, 7) is 0.166. The Morgan fingerprint density at radius 2 is 1.70 bits per heavy atom. The predicted molar refractivity (Wildman–Crippen MR) is 72.3 cm³/mol. The lowest BCUT2D eigenvalue weighted by Crippen LogP contribution is -2.29. The van der Waals surface area contributed by atoms with E-state index < -0.39 is 0 Å². The molecular formula is C14H11N3O3. The number of benzene rings is 1. The number of H-pyrrole nitrogens is 2. The average molecular weight is 269 g/mol. The molecule has 1 aromatic heterocycles. The van der Waals surface area contributed by atoms with Gasteiger partial charge in [0.1, 0.15) is 0 Å². The number of aromatic nitrogens is 2. The summed E-state index contributed by atoms with van der Waals surface area (Å²) >= 11 is 0. The summed E-state index contributed by atoms with van der Waals surface area (Å²) in [5.74, 6) is -0.587. The number of amides is 2. The van der Waals surface area contributed by atoms with Crippen molar-refractivity contribution in [1.82, 2.24) is 14.9 Å². The van der Waals surface area contributed by atoms with E-state index >= 15 is 0 Å². The van der Waals surface area contributed by atoms with E-state index in [1.165, 1.54) is 11.1 Å². The van der Waals surface area contributed by atoms with Crippen LogP contribution in [0.25, 0.3) is 6.08 Å². The third-order valence-corrected chi connectivity index (χ3v) is 3.08. The van der Waals surface area contributed by atoms with Crippen molar-refractivity contribution in [1.29, 1.82) is 0 Å². The first kappa shape index (κ1) is 12.2. The molecule has 0 spiro atoms. The molecule has 0 aliphatic carbocycles. The van der Waals surface area contributed by atoms with Gasteiger partial charge in [0.25, 0.3) is 11.8 Å². The highest BCUT2D eigenvalue weighted by Gasteiger charge is 2.33. The monoisotopic (exact) mass is 269 g/mol. The van der Waals surface area contributed by atoms with Gasteiger partial charge in [-0.3, -0.25) is 14.5 Å². The van der Waals surface area contributed by atoms with Crippen LogP contribution in [0.15, 0.2) is 41.3 Å². The quantitative estimate of drug-likeness (QED) is 0.815.